The van der Waals surface area contributed by atoms with Gasteiger partial charge in [-0.3, -0.25) is 5.32 Å². The molecule has 0 radical (unpaired) electrons. The minimum Gasteiger partial charge on any atom is -0.496 e. The molecule has 1 heterocycles. The van der Waals surface area contributed by atoms with Crippen molar-refractivity contribution in [1.29, 1.82) is 0 Å². The largest absolute Gasteiger partial charge is 0.496 e. The third-order valence-electron chi connectivity index (χ3n) is 6.37. The number of carbonyl (C=O) groups excluding carboxylic acids is 1. The molecular formula is C29H24F3NO3S. The maximum Gasteiger partial charge on any atom is 0.412 e. The van der Waals surface area contributed by atoms with Gasteiger partial charge in [-0.1, -0.05) is 42.5 Å². The Morgan fingerprint density at radius 1 is 0.946 bits per heavy atom. The Balaban J connectivity index is 1.35. The van der Waals surface area contributed by atoms with E-state index in [0.717, 1.165) is 34.6 Å². The Hall–Kier alpha value is -3.78. The van der Waals surface area contributed by atoms with Gasteiger partial charge in [0.05, 0.1) is 17.7 Å². The number of carbonyl (C=O) groups is 1. The summed E-state index contributed by atoms with van der Waals surface area (Å²) in [5.74, 6) is -0.738. The highest BCUT2D eigenvalue weighted by Crippen LogP contribution is 2.43. The third kappa shape index (κ3) is 5.49. The molecule has 1 saturated carbocycles. The molecule has 37 heavy (non-hydrogen) atoms. The van der Waals surface area contributed by atoms with E-state index in [2.05, 4.69) is 29.6 Å². The molecule has 1 amide bonds. The molecule has 1 atom stereocenters. The number of anilines is 1. The van der Waals surface area contributed by atoms with E-state index in [4.69, 9.17) is 9.47 Å². The fourth-order valence-electron chi connectivity index (χ4n) is 4.22. The maximum absolute atomic E-state index is 14.3. The van der Waals surface area contributed by atoms with Crippen LogP contribution in [0.2, 0.25) is 0 Å². The Morgan fingerprint density at radius 3 is 2.35 bits per heavy atom. The summed E-state index contributed by atoms with van der Waals surface area (Å²) in [5.41, 5.74) is 4.44. The van der Waals surface area contributed by atoms with Gasteiger partial charge in [-0.15, -0.1) is 11.3 Å². The van der Waals surface area contributed by atoms with Gasteiger partial charge < -0.3 is 9.47 Å². The van der Waals surface area contributed by atoms with E-state index in [1.54, 1.807) is 13.2 Å². The van der Waals surface area contributed by atoms with Gasteiger partial charge in [0.2, 0.25) is 0 Å². The molecule has 4 nitrogen and oxygen atoms in total. The van der Waals surface area contributed by atoms with Crippen molar-refractivity contribution in [2.75, 3.05) is 12.4 Å². The van der Waals surface area contributed by atoms with Crippen LogP contribution in [-0.4, -0.2) is 13.2 Å². The monoisotopic (exact) mass is 523 g/mol. The molecule has 0 unspecified atom stereocenters. The number of ether oxygens (including phenoxy) is 2. The summed E-state index contributed by atoms with van der Waals surface area (Å²) in [6.45, 7) is 1.53. The first-order chi connectivity index (χ1) is 17.8. The molecule has 1 fully saturated rings. The van der Waals surface area contributed by atoms with Crippen molar-refractivity contribution < 1.29 is 27.4 Å². The minimum absolute atomic E-state index is 0.230. The van der Waals surface area contributed by atoms with Crippen molar-refractivity contribution in [1.82, 2.24) is 0 Å². The number of hydrogen-bond acceptors (Lipinski definition) is 4. The zero-order chi connectivity index (χ0) is 26.1. The van der Waals surface area contributed by atoms with E-state index in [0.29, 0.717) is 22.1 Å². The minimum atomic E-state index is -1.04. The highest BCUT2D eigenvalue weighted by molar-refractivity contribution is 7.14. The second kappa shape index (κ2) is 10.3. The third-order valence-corrected chi connectivity index (χ3v) is 7.34. The second-order valence-electron chi connectivity index (χ2n) is 8.95. The van der Waals surface area contributed by atoms with Crippen LogP contribution in [0.1, 0.15) is 42.9 Å². The van der Waals surface area contributed by atoms with E-state index in [1.807, 2.05) is 12.1 Å². The van der Waals surface area contributed by atoms with Gasteiger partial charge in [0.1, 0.15) is 11.9 Å². The van der Waals surface area contributed by atoms with Gasteiger partial charge in [0.25, 0.3) is 0 Å². The number of benzene rings is 3. The normalized spacial score (nSPS) is 13.8. The van der Waals surface area contributed by atoms with Gasteiger partial charge in [0, 0.05) is 11.6 Å². The predicted octanol–water partition coefficient (Wildman–Crippen LogP) is 8.70. The molecule has 1 aliphatic rings. The van der Waals surface area contributed by atoms with Crippen LogP contribution < -0.4 is 10.1 Å². The summed E-state index contributed by atoms with van der Waals surface area (Å²) in [6.07, 6.45) is 0.772. The summed E-state index contributed by atoms with van der Waals surface area (Å²) in [5, 5.41) is 2.08. The summed E-state index contributed by atoms with van der Waals surface area (Å²) in [6, 6.07) is 18.5. The molecule has 4 aromatic rings. The van der Waals surface area contributed by atoms with Crippen LogP contribution in [0, 0.1) is 16.8 Å². The number of thiophene rings is 1. The van der Waals surface area contributed by atoms with Crippen LogP contribution in [0.5, 0.6) is 5.75 Å². The molecule has 5 rings (SSSR count). The topological polar surface area (TPSA) is 47.6 Å². The molecule has 8 heteroatoms. The summed E-state index contributed by atoms with van der Waals surface area (Å²) >= 11 is 0.877. The fourth-order valence-corrected chi connectivity index (χ4v) is 5.06. The number of nitrogens with one attached hydrogen (secondary N) is 1. The molecule has 1 aliphatic carbocycles. The van der Waals surface area contributed by atoms with Gasteiger partial charge >= 0.3 is 6.09 Å². The average molecular weight is 524 g/mol. The van der Waals surface area contributed by atoms with Crippen LogP contribution >= 0.6 is 11.3 Å². The Labute approximate surface area is 216 Å². The highest BCUT2D eigenvalue weighted by Gasteiger charge is 2.23. The number of methoxy groups -OCH3 is 1. The smallest absolute Gasteiger partial charge is 0.412 e. The van der Waals surface area contributed by atoms with Crippen molar-refractivity contribution in [2.45, 2.75) is 31.8 Å². The lowest BCUT2D eigenvalue weighted by Gasteiger charge is -2.15. The van der Waals surface area contributed by atoms with Crippen LogP contribution in [-0.2, 0) is 4.74 Å². The molecule has 1 aromatic heterocycles. The lowest BCUT2D eigenvalue weighted by Crippen LogP contribution is -2.16. The van der Waals surface area contributed by atoms with E-state index < -0.39 is 29.0 Å². The lowest BCUT2D eigenvalue weighted by molar-refractivity contribution is 0.121. The maximum atomic E-state index is 14.3. The van der Waals surface area contributed by atoms with Crippen LogP contribution in [0.25, 0.3) is 21.6 Å². The molecule has 0 bridgehead atoms. The zero-order valence-electron chi connectivity index (χ0n) is 20.2. The van der Waals surface area contributed by atoms with Gasteiger partial charge in [-0.2, -0.15) is 4.39 Å². The molecular weight excluding hydrogens is 499 g/mol. The van der Waals surface area contributed by atoms with Crippen LogP contribution in [0.15, 0.2) is 66.7 Å². The van der Waals surface area contributed by atoms with E-state index in [9.17, 15) is 18.0 Å². The van der Waals surface area contributed by atoms with Crippen molar-refractivity contribution in [3.63, 3.8) is 0 Å². The molecule has 0 saturated heterocycles. The lowest BCUT2D eigenvalue weighted by atomic mass is 9.99. The van der Waals surface area contributed by atoms with E-state index >= 15 is 0 Å². The van der Waals surface area contributed by atoms with Crippen molar-refractivity contribution >= 4 is 23.1 Å². The zero-order valence-corrected chi connectivity index (χ0v) is 21.0. The van der Waals surface area contributed by atoms with Crippen LogP contribution in [0.3, 0.4) is 0 Å². The number of amides is 1. The predicted molar refractivity (Wildman–Crippen MR) is 139 cm³/mol. The summed E-state index contributed by atoms with van der Waals surface area (Å²) in [4.78, 5) is 13.0. The van der Waals surface area contributed by atoms with Crippen molar-refractivity contribution in [2.24, 2.45) is 0 Å². The Morgan fingerprint density at radius 2 is 1.68 bits per heavy atom. The molecule has 1 N–H and O–H groups in total. The van der Waals surface area contributed by atoms with Crippen LogP contribution in [0.4, 0.5) is 23.7 Å². The first-order valence-corrected chi connectivity index (χ1v) is 12.6. The van der Waals surface area contributed by atoms with E-state index in [-0.39, 0.29) is 11.3 Å². The molecule has 190 valence electrons. The highest BCUT2D eigenvalue weighted by atomic mass is 32.1. The SMILES string of the molecule is COc1cc(-c2sc(F)cc2NC(=O)O[C@H](C)c2ccc(F)c(F)c2)ccc1-c1ccc(C2CC2)cc1. The first-order valence-electron chi connectivity index (χ1n) is 11.8. The Kier molecular flexibility index (Phi) is 6.93. The number of rotatable bonds is 7. The second-order valence-corrected chi connectivity index (χ2v) is 9.95. The summed E-state index contributed by atoms with van der Waals surface area (Å²) in [7, 11) is 1.58. The van der Waals surface area contributed by atoms with Crippen molar-refractivity contribution in [3.05, 3.63) is 94.6 Å². The van der Waals surface area contributed by atoms with Gasteiger partial charge in [-0.25, -0.2) is 13.6 Å². The molecule has 3 aromatic carbocycles. The first kappa shape index (κ1) is 24.9. The molecule has 0 aliphatic heterocycles. The van der Waals surface area contributed by atoms with Gasteiger partial charge in [-0.05, 0) is 66.1 Å². The average Bonchev–Trinajstić information content (AvgIpc) is 3.68. The fraction of sp³-hybridized carbons (Fsp3) is 0.207. The van der Waals surface area contributed by atoms with Crippen molar-refractivity contribution in [3.8, 4) is 27.3 Å². The standard InChI is InChI=1S/C29H24F3NO3S/c1-16(20-10-12-23(30)24(31)13-20)36-29(34)33-25-15-27(32)37-28(25)21-9-11-22(26(14-21)35-2)19-7-5-18(6-8-19)17-3-4-17/h5-17H,3-4H2,1-2H3,(H,33,34)/t16-/m1/s1. The number of hydrogen-bond donors (Lipinski definition) is 1. The molecule has 0 spiro atoms. The van der Waals surface area contributed by atoms with Gasteiger partial charge in [0.15, 0.2) is 16.8 Å². The quantitative estimate of drug-likeness (QED) is 0.264. The summed E-state index contributed by atoms with van der Waals surface area (Å²) < 4.78 is 52.0. The number of halogens is 3. The van der Waals surface area contributed by atoms with E-state index in [1.165, 1.54) is 37.5 Å². The Bertz CT molecular complexity index is 1450.